The molecule has 0 atom stereocenters. The van der Waals surface area contributed by atoms with E-state index in [-0.39, 0.29) is 24.2 Å². The Labute approximate surface area is 166 Å². The highest BCUT2D eigenvalue weighted by molar-refractivity contribution is 8.18. The van der Waals surface area contributed by atoms with Crippen molar-refractivity contribution < 1.29 is 33.4 Å². The third kappa shape index (κ3) is 6.12. The normalized spacial score (nSPS) is 15.3. The van der Waals surface area contributed by atoms with Gasteiger partial charge in [-0.2, -0.15) is 0 Å². The van der Waals surface area contributed by atoms with E-state index < -0.39 is 29.6 Å². The Hall–Kier alpha value is -2.81. The summed E-state index contributed by atoms with van der Waals surface area (Å²) in [6.07, 6.45) is 1.22. The molecule has 1 aliphatic rings. The first-order valence-corrected chi connectivity index (χ1v) is 9.45. The van der Waals surface area contributed by atoms with Crippen LogP contribution in [0, 0.1) is 0 Å². The highest BCUT2D eigenvalue weighted by atomic mass is 32.2. The molecule has 0 bridgehead atoms. The molecule has 1 aromatic carbocycles. The van der Waals surface area contributed by atoms with Gasteiger partial charge in [0.15, 0.2) is 6.61 Å². The van der Waals surface area contributed by atoms with Gasteiger partial charge in [-0.3, -0.25) is 19.3 Å². The number of amides is 2. The Morgan fingerprint density at radius 1 is 1.14 bits per heavy atom. The number of ether oxygens (including phenoxy) is 3. The van der Waals surface area contributed by atoms with E-state index in [0.717, 1.165) is 16.7 Å². The molecule has 0 spiro atoms. The van der Waals surface area contributed by atoms with E-state index in [9.17, 15) is 19.2 Å². The van der Waals surface area contributed by atoms with E-state index in [1.165, 1.54) is 0 Å². The van der Waals surface area contributed by atoms with Crippen molar-refractivity contribution in [1.29, 1.82) is 0 Å². The minimum Gasteiger partial charge on any atom is -0.482 e. The van der Waals surface area contributed by atoms with Gasteiger partial charge >= 0.3 is 11.9 Å². The van der Waals surface area contributed by atoms with Gasteiger partial charge < -0.3 is 14.2 Å². The van der Waals surface area contributed by atoms with Crippen molar-refractivity contribution in [2.45, 2.75) is 26.9 Å². The van der Waals surface area contributed by atoms with E-state index in [2.05, 4.69) is 0 Å². The molecule has 1 fully saturated rings. The van der Waals surface area contributed by atoms with Crippen molar-refractivity contribution in [2.75, 3.05) is 19.8 Å². The first-order valence-electron chi connectivity index (χ1n) is 8.63. The summed E-state index contributed by atoms with van der Waals surface area (Å²) in [6, 6.07) is 6.63. The Morgan fingerprint density at radius 3 is 2.43 bits per heavy atom. The number of carbonyl (C=O) groups is 4. The van der Waals surface area contributed by atoms with Crippen LogP contribution in [0.5, 0.6) is 5.75 Å². The molecular weight excluding hydrogens is 386 g/mol. The minimum absolute atomic E-state index is 0.196. The molecule has 2 amide bonds. The highest BCUT2D eigenvalue weighted by Crippen LogP contribution is 2.32. The fourth-order valence-electron chi connectivity index (χ4n) is 2.22. The Balaban J connectivity index is 1.99. The topological polar surface area (TPSA) is 99.2 Å². The van der Waals surface area contributed by atoms with E-state index in [1.54, 1.807) is 51.1 Å². The number of hydrogen-bond acceptors (Lipinski definition) is 8. The summed E-state index contributed by atoms with van der Waals surface area (Å²) < 4.78 is 15.0. The first-order chi connectivity index (χ1) is 13.3. The maximum absolute atomic E-state index is 12.4. The maximum Gasteiger partial charge on any atom is 0.344 e. The lowest BCUT2D eigenvalue weighted by molar-refractivity contribution is -0.149. The Morgan fingerprint density at radius 2 is 1.82 bits per heavy atom. The number of benzene rings is 1. The van der Waals surface area contributed by atoms with E-state index >= 15 is 0 Å². The molecule has 0 radical (unpaired) electrons. The number of esters is 2. The molecule has 0 aromatic heterocycles. The second-order valence-electron chi connectivity index (χ2n) is 5.97. The lowest BCUT2D eigenvalue weighted by Crippen LogP contribution is -2.35. The number of hydrogen-bond donors (Lipinski definition) is 0. The quantitative estimate of drug-likeness (QED) is 0.479. The predicted molar refractivity (Wildman–Crippen MR) is 102 cm³/mol. The summed E-state index contributed by atoms with van der Waals surface area (Å²) in [5.41, 5.74) is 0.666. The minimum atomic E-state index is -0.637. The zero-order chi connectivity index (χ0) is 20.7. The van der Waals surface area contributed by atoms with Crippen molar-refractivity contribution in [3.63, 3.8) is 0 Å². The summed E-state index contributed by atoms with van der Waals surface area (Å²) in [5.74, 6) is -1.18. The van der Waals surface area contributed by atoms with Gasteiger partial charge in [0.2, 0.25) is 0 Å². The van der Waals surface area contributed by atoms with Crippen LogP contribution in [0.15, 0.2) is 29.2 Å². The average molecular weight is 407 g/mol. The molecular formula is C19H21NO7S. The van der Waals surface area contributed by atoms with Gasteiger partial charge in [-0.05, 0) is 56.3 Å². The third-order valence-electron chi connectivity index (χ3n) is 3.37. The molecule has 1 aromatic rings. The smallest absolute Gasteiger partial charge is 0.344 e. The van der Waals surface area contributed by atoms with Crippen molar-refractivity contribution in [3.05, 3.63) is 34.7 Å². The summed E-state index contributed by atoms with van der Waals surface area (Å²) in [5, 5.41) is -0.522. The largest absolute Gasteiger partial charge is 0.482 e. The van der Waals surface area contributed by atoms with Crippen molar-refractivity contribution in [3.8, 4) is 5.75 Å². The highest BCUT2D eigenvalue weighted by Gasteiger charge is 2.36. The van der Waals surface area contributed by atoms with Gasteiger partial charge in [-0.1, -0.05) is 12.1 Å². The summed E-state index contributed by atoms with van der Waals surface area (Å²) >= 11 is 0.760. The van der Waals surface area contributed by atoms with E-state index in [1.807, 2.05) is 0 Å². The number of rotatable bonds is 8. The van der Waals surface area contributed by atoms with Crippen LogP contribution < -0.4 is 4.74 Å². The number of nitrogens with zero attached hydrogens (tertiary/aromatic N) is 1. The molecule has 1 heterocycles. The molecule has 0 unspecified atom stereocenters. The van der Waals surface area contributed by atoms with Gasteiger partial charge in [0.25, 0.3) is 11.1 Å². The average Bonchev–Trinajstić information content (AvgIpc) is 2.88. The van der Waals surface area contributed by atoms with Crippen molar-refractivity contribution in [1.82, 2.24) is 4.90 Å². The maximum atomic E-state index is 12.4. The van der Waals surface area contributed by atoms with Crippen LogP contribution in [0.2, 0.25) is 0 Å². The van der Waals surface area contributed by atoms with E-state index in [4.69, 9.17) is 14.2 Å². The van der Waals surface area contributed by atoms with Crippen LogP contribution in [-0.4, -0.2) is 53.8 Å². The Bertz CT molecular complexity index is 786. The van der Waals surface area contributed by atoms with Crippen LogP contribution in [0.4, 0.5) is 4.79 Å². The van der Waals surface area contributed by atoms with Gasteiger partial charge in [-0.15, -0.1) is 0 Å². The summed E-state index contributed by atoms with van der Waals surface area (Å²) in [7, 11) is 0. The third-order valence-corrected chi connectivity index (χ3v) is 4.28. The van der Waals surface area contributed by atoms with E-state index in [0.29, 0.717) is 11.3 Å². The second kappa shape index (κ2) is 9.93. The molecule has 28 heavy (non-hydrogen) atoms. The van der Waals surface area contributed by atoms with Crippen LogP contribution in [-0.2, 0) is 23.9 Å². The fourth-order valence-corrected chi connectivity index (χ4v) is 3.06. The molecule has 8 nitrogen and oxygen atoms in total. The molecule has 0 N–H and O–H groups in total. The lowest BCUT2D eigenvalue weighted by atomic mass is 10.2. The van der Waals surface area contributed by atoms with Crippen LogP contribution in [0.25, 0.3) is 6.08 Å². The molecule has 0 saturated carbocycles. The standard InChI is InChI=1S/C19H21NO7S/c1-4-25-17(22)11-26-14-7-5-13(6-8-14)9-15-18(23)20(19(24)28-15)10-16(21)27-12(2)3/h5-9,12H,4,10-11H2,1-3H3/b15-9+. The lowest BCUT2D eigenvalue weighted by Gasteiger charge is -2.13. The van der Waals surface area contributed by atoms with Crippen LogP contribution in [0.3, 0.4) is 0 Å². The molecule has 0 aliphatic carbocycles. The van der Waals surface area contributed by atoms with Gasteiger partial charge in [0, 0.05) is 0 Å². The van der Waals surface area contributed by atoms with Gasteiger partial charge in [-0.25, -0.2) is 4.79 Å². The van der Waals surface area contributed by atoms with Gasteiger partial charge in [0.05, 0.1) is 17.6 Å². The number of carbonyl (C=O) groups excluding carboxylic acids is 4. The molecule has 2 rings (SSSR count). The fraction of sp³-hybridized carbons (Fsp3) is 0.368. The zero-order valence-corrected chi connectivity index (χ0v) is 16.6. The molecule has 9 heteroatoms. The first kappa shape index (κ1) is 21.5. The predicted octanol–water partition coefficient (Wildman–Crippen LogP) is 2.62. The zero-order valence-electron chi connectivity index (χ0n) is 15.8. The monoisotopic (exact) mass is 407 g/mol. The second-order valence-corrected chi connectivity index (χ2v) is 6.96. The molecule has 1 saturated heterocycles. The van der Waals surface area contributed by atoms with Crippen molar-refractivity contribution >= 4 is 40.9 Å². The summed E-state index contributed by atoms with van der Waals surface area (Å²) in [4.78, 5) is 48.5. The SMILES string of the molecule is CCOC(=O)COc1ccc(/C=C2/SC(=O)N(CC(=O)OC(C)C)C2=O)cc1. The Kier molecular flexibility index (Phi) is 7.62. The van der Waals surface area contributed by atoms with Crippen LogP contribution in [0.1, 0.15) is 26.3 Å². The summed E-state index contributed by atoms with van der Waals surface area (Å²) in [6.45, 7) is 4.75. The number of thioether (sulfide) groups is 1. The van der Waals surface area contributed by atoms with Crippen molar-refractivity contribution in [2.24, 2.45) is 0 Å². The molecule has 150 valence electrons. The van der Waals surface area contributed by atoms with Crippen LogP contribution >= 0.6 is 11.8 Å². The van der Waals surface area contributed by atoms with Gasteiger partial charge in [0.1, 0.15) is 12.3 Å². The molecule has 1 aliphatic heterocycles. The number of imide groups is 1.